The van der Waals surface area contributed by atoms with Crippen LogP contribution >= 0.6 is 23.1 Å². The number of hydrogen-bond acceptors (Lipinski definition) is 6. The van der Waals surface area contributed by atoms with Gasteiger partial charge in [-0.25, -0.2) is 15.0 Å². The number of carbonyl (C=O) groups is 1. The second-order valence-electron chi connectivity index (χ2n) is 7.96. The SMILES string of the molecule is CCN(CC)C(=O)CSc1ncnc2c1sc1nc(CC(C)C)c3c(c12)CCC3. The lowest BCUT2D eigenvalue weighted by molar-refractivity contribution is -0.127. The number of pyridine rings is 1. The highest BCUT2D eigenvalue weighted by atomic mass is 32.2. The van der Waals surface area contributed by atoms with Crippen molar-refractivity contribution in [2.24, 2.45) is 5.92 Å². The predicted octanol–water partition coefficient (Wildman–Crippen LogP) is 4.89. The quantitative estimate of drug-likeness (QED) is 0.396. The number of aryl methyl sites for hydroxylation is 1. The van der Waals surface area contributed by atoms with Crippen molar-refractivity contribution in [1.82, 2.24) is 19.9 Å². The van der Waals surface area contributed by atoms with E-state index in [9.17, 15) is 4.79 Å². The van der Waals surface area contributed by atoms with Crippen LogP contribution in [-0.4, -0.2) is 44.6 Å². The molecule has 29 heavy (non-hydrogen) atoms. The van der Waals surface area contributed by atoms with E-state index in [0.29, 0.717) is 11.7 Å². The molecule has 1 amide bonds. The number of thioether (sulfide) groups is 1. The van der Waals surface area contributed by atoms with E-state index in [0.717, 1.165) is 52.4 Å². The number of amides is 1. The monoisotopic (exact) mass is 428 g/mol. The third-order valence-corrected chi connectivity index (χ3v) is 7.76. The van der Waals surface area contributed by atoms with E-state index in [1.165, 1.54) is 40.4 Å². The van der Waals surface area contributed by atoms with Crippen molar-refractivity contribution < 1.29 is 4.79 Å². The number of thiophene rings is 1. The number of carbonyl (C=O) groups excluding carboxylic acids is 1. The molecule has 0 fully saturated rings. The van der Waals surface area contributed by atoms with Crippen LogP contribution in [0.2, 0.25) is 0 Å². The Morgan fingerprint density at radius 1 is 1.21 bits per heavy atom. The van der Waals surface area contributed by atoms with Crippen molar-refractivity contribution in [3.63, 3.8) is 0 Å². The van der Waals surface area contributed by atoms with Gasteiger partial charge in [0.15, 0.2) is 0 Å². The molecular weight excluding hydrogens is 400 g/mol. The largest absolute Gasteiger partial charge is 0.343 e. The zero-order chi connectivity index (χ0) is 20.5. The minimum Gasteiger partial charge on any atom is -0.343 e. The third-order valence-electron chi connectivity index (χ3n) is 5.58. The summed E-state index contributed by atoms with van der Waals surface area (Å²) in [6, 6.07) is 0. The first-order chi connectivity index (χ1) is 14.0. The van der Waals surface area contributed by atoms with E-state index in [1.54, 1.807) is 17.7 Å². The van der Waals surface area contributed by atoms with E-state index in [2.05, 4.69) is 23.8 Å². The summed E-state index contributed by atoms with van der Waals surface area (Å²) in [7, 11) is 0. The summed E-state index contributed by atoms with van der Waals surface area (Å²) in [5, 5.41) is 2.12. The lowest BCUT2D eigenvalue weighted by Crippen LogP contribution is -2.31. The molecule has 0 N–H and O–H groups in total. The highest BCUT2D eigenvalue weighted by molar-refractivity contribution is 8.00. The Labute approximate surface area is 180 Å². The van der Waals surface area contributed by atoms with Crippen LogP contribution in [0.5, 0.6) is 0 Å². The van der Waals surface area contributed by atoms with Gasteiger partial charge in [-0.15, -0.1) is 11.3 Å². The summed E-state index contributed by atoms with van der Waals surface area (Å²) in [6.07, 6.45) is 6.10. The molecule has 0 unspecified atom stereocenters. The van der Waals surface area contributed by atoms with Gasteiger partial charge in [-0.1, -0.05) is 25.6 Å². The maximum absolute atomic E-state index is 12.4. The third kappa shape index (κ3) is 3.87. The van der Waals surface area contributed by atoms with E-state index >= 15 is 0 Å². The maximum atomic E-state index is 12.4. The molecule has 0 bridgehead atoms. The highest BCUT2D eigenvalue weighted by Gasteiger charge is 2.24. The van der Waals surface area contributed by atoms with Gasteiger partial charge in [0.25, 0.3) is 0 Å². The lowest BCUT2D eigenvalue weighted by Gasteiger charge is -2.17. The van der Waals surface area contributed by atoms with Crippen molar-refractivity contribution in [3.05, 3.63) is 23.1 Å². The molecule has 5 nitrogen and oxygen atoms in total. The Bertz CT molecular complexity index is 1060. The summed E-state index contributed by atoms with van der Waals surface area (Å²) >= 11 is 3.21. The van der Waals surface area contributed by atoms with Crippen molar-refractivity contribution in [1.29, 1.82) is 0 Å². The fourth-order valence-electron chi connectivity index (χ4n) is 4.21. The maximum Gasteiger partial charge on any atom is 0.232 e. The number of fused-ring (bicyclic) bond motifs is 5. The van der Waals surface area contributed by atoms with Crippen LogP contribution in [0.1, 0.15) is 50.9 Å². The fourth-order valence-corrected chi connectivity index (χ4v) is 6.37. The number of hydrogen-bond donors (Lipinski definition) is 0. The molecule has 1 aliphatic carbocycles. The standard InChI is InChI=1S/C22H28N4OS2/c1-5-26(6-2)17(27)11-28-22-20-19(23-12-24-22)18-15-9-7-8-14(15)16(10-13(3)4)25-21(18)29-20/h12-13H,5-11H2,1-4H3. The lowest BCUT2D eigenvalue weighted by atomic mass is 9.99. The zero-order valence-electron chi connectivity index (χ0n) is 17.6. The molecular formula is C22H28N4OS2. The van der Waals surface area contributed by atoms with Gasteiger partial charge in [-0.05, 0) is 56.6 Å². The van der Waals surface area contributed by atoms with Crippen molar-refractivity contribution in [2.45, 2.75) is 58.4 Å². The average molecular weight is 429 g/mol. The van der Waals surface area contributed by atoms with Crippen LogP contribution < -0.4 is 0 Å². The minimum absolute atomic E-state index is 0.158. The summed E-state index contributed by atoms with van der Waals surface area (Å²) in [4.78, 5) is 29.6. The van der Waals surface area contributed by atoms with Crippen LogP contribution in [0.3, 0.4) is 0 Å². The van der Waals surface area contributed by atoms with Gasteiger partial charge in [-0.2, -0.15) is 0 Å². The molecule has 1 aliphatic rings. The number of rotatable bonds is 7. The molecule has 3 heterocycles. The molecule has 154 valence electrons. The van der Waals surface area contributed by atoms with Gasteiger partial charge >= 0.3 is 0 Å². The number of nitrogens with zero attached hydrogens (tertiary/aromatic N) is 4. The van der Waals surface area contributed by atoms with Gasteiger partial charge in [0.1, 0.15) is 16.2 Å². The minimum atomic E-state index is 0.158. The first-order valence-corrected chi connectivity index (χ1v) is 12.3. The van der Waals surface area contributed by atoms with Crippen LogP contribution in [0.15, 0.2) is 11.4 Å². The van der Waals surface area contributed by atoms with Gasteiger partial charge < -0.3 is 4.90 Å². The molecule has 0 atom stereocenters. The summed E-state index contributed by atoms with van der Waals surface area (Å²) in [5.41, 5.74) is 5.19. The molecule has 0 saturated carbocycles. The van der Waals surface area contributed by atoms with Crippen molar-refractivity contribution in [3.8, 4) is 0 Å². The normalized spacial score (nSPS) is 13.6. The molecule has 4 rings (SSSR count). The van der Waals surface area contributed by atoms with Crippen molar-refractivity contribution >= 4 is 49.4 Å². The number of aromatic nitrogens is 3. The van der Waals surface area contributed by atoms with Gasteiger partial charge in [0.2, 0.25) is 5.91 Å². The summed E-state index contributed by atoms with van der Waals surface area (Å²) < 4.78 is 1.07. The predicted molar refractivity (Wildman–Crippen MR) is 122 cm³/mol. The Morgan fingerprint density at radius 2 is 1.97 bits per heavy atom. The molecule has 0 saturated heterocycles. The fraction of sp³-hybridized carbons (Fsp3) is 0.545. The van der Waals surface area contributed by atoms with E-state index in [4.69, 9.17) is 4.98 Å². The molecule has 7 heteroatoms. The Hall–Kier alpha value is -1.73. The molecule has 0 aromatic carbocycles. The topological polar surface area (TPSA) is 59.0 Å². The summed E-state index contributed by atoms with van der Waals surface area (Å²) in [6.45, 7) is 10.0. The van der Waals surface area contributed by atoms with Crippen LogP contribution in [-0.2, 0) is 24.1 Å². The molecule has 0 radical (unpaired) electrons. The highest BCUT2D eigenvalue weighted by Crippen LogP contribution is 2.42. The van der Waals surface area contributed by atoms with Crippen LogP contribution in [0.25, 0.3) is 20.4 Å². The molecule has 0 aliphatic heterocycles. The van der Waals surface area contributed by atoms with Crippen molar-refractivity contribution in [2.75, 3.05) is 18.8 Å². The van der Waals surface area contributed by atoms with Gasteiger partial charge in [0, 0.05) is 24.2 Å². The summed E-state index contributed by atoms with van der Waals surface area (Å²) in [5.74, 6) is 1.16. The Morgan fingerprint density at radius 3 is 2.69 bits per heavy atom. The molecule has 3 aromatic rings. The molecule has 3 aromatic heterocycles. The van der Waals surface area contributed by atoms with Gasteiger partial charge in [-0.3, -0.25) is 4.79 Å². The van der Waals surface area contributed by atoms with E-state index < -0.39 is 0 Å². The molecule has 0 spiro atoms. The zero-order valence-corrected chi connectivity index (χ0v) is 19.3. The Kier molecular flexibility index (Phi) is 6.06. The second kappa shape index (κ2) is 8.56. The second-order valence-corrected chi connectivity index (χ2v) is 9.92. The van der Waals surface area contributed by atoms with Crippen LogP contribution in [0.4, 0.5) is 0 Å². The Balaban J connectivity index is 1.75. The van der Waals surface area contributed by atoms with Crippen LogP contribution in [0, 0.1) is 5.92 Å². The smallest absolute Gasteiger partial charge is 0.232 e. The first-order valence-electron chi connectivity index (χ1n) is 10.5. The van der Waals surface area contributed by atoms with Gasteiger partial charge in [0.05, 0.1) is 16.0 Å². The van der Waals surface area contributed by atoms with E-state index in [1.807, 2.05) is 18.7 Å². The average Bonchev–Trinajstić information content (AvgIpc) is 3.31. The first kappa shape index (κ1) is 20.5. The van der Waals surface area contributed by atoms with E-state index in [-0.39, 0.29) is 5.91 Å².